The molecule has 20 heavy (non-hydrogen) atoms. The van der Waals surface area contributed by atoms with Crippen molar-refractivity contribution in [3.8, 4) is 5.75 Å². The molecule has 108 valence electrons. The van der Waals surface area contributed by atoms with Crippen LogP contribution in [-0.2, 0) is 9.53 Å². The van der Waals surface area contributed by atoms with Gasteiger partial charge < -0.3 is 14.5 Å². The van der Waals surface area contributed by atoms with Gasteiger partial charge in [0.25, 0.3) is 0 Å². The van der Waals surface area contributed by atoms with Crippen molar-refractivity contribution in [1.29, 1.82) is 0 Å². The van der Waals surface area contributed by atoms with Crippen molar-refractivity contribution in [2.24, 2.45) is 5.92 Å². The first-order valence-electron chi connectivity index (χ1n) is 6.90. The highest BCUT2D eigenvalue weighted by Gasteiger charge is 2.28. The van der Waals surface area contributed by atoms with Crippen LogP contribution in [0.3, 0.4) is 0 Å². The van der Waals surface area contributed by atoms with Crippen molar-refractivity contribution in [2.75, 3.05) is 13.7 Å². The first-order valence-corrected chi connectivity index (χ1v) is 6.90. The molecule has 2 aromatic rings. The molecule has 0 aliphatic carbocycles. The third kappa shape index (κ3) is 2.64. The van der Waals surface area contributed by atoms with Crippen LogP contribution in [0.4, 0.5) is 0 Å². The van der Waals surface area contributed by atoms with E-state index in [0.717, 1.165) is 22.2 Å². The summed E-state index contributed by atoms with van der Waals surface area (Å²) >= 11 is 0. The number of aromatic nitrogens is 1. The van der Waals surface area contributed by atoms with Crippen LogP contribution < -0.4 is 4.74 Å². The summed E-state index contributed by atoms with van der Waals surface area (Å²) in [6.07, 6.45) is 1.89. The van der Waals surface area contributed by atoms with E-state index in [1.165, 1.54) is 0 Å². The van der Waals surface area contributed by atoms with Crippen molar-refractivity contribution >= 4 is 16.9 Å². The standard InChI is InChI=1S/C16H21NO3/c1-5-20-16(18)15(10(2)3)13-9-17-14-7-6-11(19-4)8-12(13)14/h6-10,15,17H,5H2,1-4H3. The summed E-state index contributed by atoms with van der Waals surface area (Å²) in [6, 6.07) is 5.81. The van der Waals surface area contributed by atoms with E-state index < -0.39 is 0 Å². The first-order chi connectivity index (χ1) is 9.58. The highest BCUT2D eigenvalue weighted by Crippen LogP contribution is 2.33. The van der Waals surface area contributed by atoms with Crippen molar-refractivity contribution in [3.63, 3.8) is 0 Å². The Morgan fingerprint density at radius 2 is 2.10 bits per heavy atom. The number of carbonyl (C=O) groups is 1. The fourth-order valence-corrected chi connectivity index (χ4v) is 2.50. The Morgan fingerprint density at radius 1 is 1.35 bits per heavy atom. The fourth-order valence-electron chi connectivity index (χ4n) is 2.50. The molecule has 1 aromatic heterocycles. The molecule has 1 aromatic carbocycles. The number of carbonyl (C=O) groups excluding carboxylic acids is 1. The van der Waals surface area contributed by atoms with Crippen LogP contribution in [0.25, 0.3) is 10.9 Å². The van der Waals surface area contributed by atoms with E-state index in [4.69, 9.17) is 9.47 Å². The van der Waals surface area contributed by atoms with Crippen LogP contribution >= 0.6 is 0 Å². The molecule has 0 fully saturated rings. The Kier molecular flexibility index (Phi) is 4.32. The average Bonchev–Trinajstić information content (AvgIpc) is 2.82. The molecule has 0 spiro atoms. The zero-order valence-corrected chi connectivity index (χ0v) is 12.4. The lowest BCUT2D eigenvalue weighted by Gasteiger charge is -2.18. The van der Waals surface area contributed by atoms with Gasteiger partial charge in [0.05, 0.1) is 19.6 Å². The second-order valence-electron chi connectivity index (χ2n) is 5.13. The van der Waals surface area contributed by atoms with Gasteiger partial charge in [0.15, 0.2) is 0 Å². The second-order valence-corrected chi connectivity index (χ2v) is 5.13. The molecule has 4 nitrogen and oxygen atoms in total. The molecule has 1 unspecified atom stereocenters. The van der Waals surface area contributed by atoms with Crippen LogP contribution in [0.5, 0.6) is 5.75 Å². The summed E-state index contributed by atoms with van der Waals surface area (Å²) in [4.78, 5) is 15.4. The first kappa shape index (κ1) is 14.4. The largest absolute Gasteiger partial charge is 0.497 e. The number of methoxy groups -OCH3 is 1. The summed E-state index contributed by atoms with van der Waals surface area (Å²) in [7, 11) is 1.64. The number of hydrogen-bond donors (Lipinski definition) is 1. The number of rotatable bonds is 5. The van der Waals surface area contributed by atoms with Gasteiger partial charge in [-0.25, -0.2) is 0 Å². The van der Waals surface area contributed by atoms with Gasteiger partial charge in [0, 0.05) is 17.1 Å². The Morgan fingerprint density at radius 3 is 2.70 bits per heavy atom. The summed E-state index contributed by atoms with van der Waals surface area (Å²) < 4.78 is 10.5. The number of fused-ring (bicyclic) bond motifs is 1. The van der Waals surface area contributed by atoms with E-state index >= 15 is 0 Å². The molecule has 1 N–H and O–H groups in total. The predicted octanol–water partition coefficient (Wildman–Crippen LogP) is 3.48. The highest BCUT2D eigenvalue weighted by atomic mass is 16.5. The normalized spacial score (nSPS) is 12.7. The van der Waals surface area contributed by atoms with Gasteiger partial charge in [0.2, 0.25) is 0 Å². The monoisotopic (exact) mass is 275 g/mol. The molecule has 0 aliphatic heterocycles. The minimum Gasteiger partial charge on any atom is -0.497 e. The maximum atomic E-state index is 12.2. The molecule has 0 aliphatic rings. The van der Waals surface area contributed by atoms with Gasteiger partial charge in [-0.15, -0.1) is 0 Å². The quantitative estimate of drug-likeness (QED) is 0.850. The Labute approximate surface area is 119 Å². The number of aromatic amines is 1. The minimum atomic E-state index is -0.268. The van der Waals surface area contributed by atoms with E-state index in [1.807, 2.05) is 45.2 Å². The molecule has 0 saturated heterocycles. The van der Waals surface area contributed by atoms with E-state index in [1.54, 1.807) is 7.11 Å². The molecule has 1 heterocycles. The van der Waals surface area contributed by atoms with Gasteiger partial charge in [-0.2, -0.15) is 0 Å². The van der Waals surface area contributed by atoms with Crippen LogP contribution in [0.15, 0.2) is 24.4 Å². The molecule has 0 bridgehead atoms. The van der Waals surface area contributed by atoms with Gasteiger partial charge in [-0.1, -0.05) is 13.8 Å². The number of ether oxygens (including phenoxy) is 2. The zero-order chi connectivity index (χ0) is 14.7. The SMILES string of the molecule is CCOC(=O)C(c1c[nH]c2ccc(OC)cc12)C(C)C. The van der Waals surface area contributed by atoms with Gasteiger partial charge in [0.1, 0.15) is 5.75 Å². The lowest BCUT2D eigenvalue weighted by atomic mass is 9.88. The van der Waals surface area contributed by atoms with Crippen LogP contribution in [0.2, 0.25) is 0 Å². The fraction of sp³-hybridized carbons (Fsp3) is 0.438. The van der Waals surface area contributed by atoms with Crippen LogP contribution in [-0.4, -0.2) is 24.7 Å². The molecular weight excluding hydrogens is 254 g/mol. The van der Waals surface area contributed by atoms with E-state index in [2.05, 4.69) is 4.98 Å². The number of esters is 1. The molecule has 0 saturated carbocycles. The van der Waals surface area contributed by atoms with Gasteiger partial charge >= 0.3 is 5.97 Å². The predicted molar refractivity (Wildman–Crippen MR) is 79.1 cm³/mol. The highest BCUT2D eigenvalue weighted by molar-refractivity contribution is 5.91. The molecular formula is C16H21NO3. The van der Waals surface area contributed by atoms with Crippen LogP contribution in [0.1, 0.15) is 32.3 Å². The van der Waals surface area contributed by atoms with E-state index in [0.29, 0.717) is 6.61 Å². The molecule has 4 heteroatoms. The molecule has 1 atom stereocenters. The summed E-state index contributed by atoms with van der Waals surface area (Å²) in [6.45, 7) is 6.28. The van der Waals surface area contributed by atoms with Crippen molar-refractivity contribution in [2.45, 2.75) is 26.7 Å². The van der Waals surface area contributed by atoms with Crippen LogP contribution in [0, 0.1) is 5.92 Å². The number of hydrogen-bond acceptors (Lipinski definition) is 3. The summed E-state index contributed by atoms with van der Waals surface area (Å²) in [5, 5.41) is 1.01. The second kappa shape index (κ2) is 5.99. The Bertz CT molecular complexity index is 601. The molecule has 2 rings (SSSR count). The smallest absolute Gasteiger partial charge is 0.313 e. The third-order valence-electron chi connectivity index (χ3n) is 3.46. The summed E-state index contributed by atoms with van der Waals surface area (Å²) in [5.41, 5.74) is 1.96. The number of nitrogens with one attached hydrogen (secondary N) is 1. The van der Waals surface area contributed by atoms with E-state index in [9.17, 15) is 4.79 Å². The number of benzene rings is 1. The molecule has 0 amide bonds. The third-order valence-corrected chi connectivity index (χ3v) is 3.46. The summed E-state index contributed by atoms with van der Waals surface area (Å²) in [5.74, 6) is 0.506. The van der Waals surface area contributed by atoms with E-state index in [-0.39, 0.29) is 17.8 Å². The maximum absolute atomic E-state index is 12.2. The Hall–Kier alpha value is -1.97. The topological polar surface area (TPSA) is 51.3 Å². The lowest BCUT2D eigenvalue weighted by Crippen LogP contribution is -2.20. The van der Waals surface area contributed by atoms with Crippen molar-refractivity contribution in [1.82, 2.24) is 4.98 Å². The average molecular weight is 275 g/mol. The lowest BCUT2D eigenvalue weighted by molar-refractivity contribution is -0.146. The Balaban J connectivity index is 2.50. The van der Waals surface area contributed by atoms with Gasteiger partial charge in [-0.3, -0.25) is 4.79 Å². The van der Waals surface area contributed by atoms with Crippen molar-refractivity contribution in [3.05, 3.63) is 30.0 Å². The molecule has 0 radical (unpaired) electrons. The minimum absolute atomic E-state index is 0.166. The zero-order valence-electron chi connectivity index (χ0n) is 12.4. The number of H-pyrrole nitrogens is 1. The maximum Gasteiger partial charge on any atom is 0.313 e. The van der Waals surface area contributed by atoms with Gasteiger partial charge in [-0.05, 0) is 36.6 Å². The van der Waals surface area contributed by atoms with Crippen molar-refractivity contribution < 1.29 is 14.3 Å².